The summed E-state index contributed by atoms with van der Waals surface area (Å²) >= 11 is 0. The predicted octanol–water partition coefficient (Wildman–Crippen LogP) is 3.26. The molecule has 24 heavy (non-hydrogen) atoms. The number of aromatic nitrogens is 2. The van der Waals surface area contributed by atoms with Crippen molar-refractivity contribution in [2.75, 3.05) is 6.54 Å². The molecule has 1 amide bonds. The molecular weight excluding hydrogens is 305 g/mol. The number of para-hydroxylation sites is 2. The molecule has 1 aromatic heterocycles. The van der Waals surface area contributed by atoms with Gasteiger partial charge in [0, 0.05) is 31.1 Å². The molecule has 0 radical (unpaired) electrons. The fourth-order valence-electron chi connectivity index (χ4n) is 3.39. The highest BCUT2D eigenvalue weighted by Gasteiger charge is 2.27. The third kappa shape index (κ3) is 2.46. The zero-order valence-corrected chi connectivity index (χ0v) is 13.4. The standard InChI is InChI=1S/C19H18FN3O/c1-13-12-18-21-16-4-2-3-5-17(16)23(18)11-10-22(13)19(24)14-6-8-15(20)9-7-14/h2-9,13H,10-12H2,1H3. The van der Waals surface area contributed by atoms with Crippen molar-refractivity contribution in [3.05, 3.63) is 65.7 Å². The molecule has 2 heterocycles. The van der Waals surface area contributed by atoms with E-state index in [1.54, 1.807) is 12.1 Å². The minimum atomic E-state index is -0.331. The van der Waals surface area contributed by atoms with Gasteiger partial charge in [-0.05, 0) is 43.3 Å². The van der Waals surface area contributed by atoms with E-state index in [2.05, 4.69) is 10.6 Å². The average molecular weight is 323 g/mol. The zero-order valence-electron chi connectivity index (χ0n) is 13.4. The van der Waals surface area contributed by atoms with Crippen molar-refractivity contribution in [1.29, 1.82) is 0 Å². The van der Waals surface area contributed by atoms with Crippen LogP contribution in [0.1, 0.15) is 23.1 Å². The van der Waals surface area contributed by atoms with Crippen LogP contribution in [0.2, 0.25) is 0 Å². The van der Waals surface area contributed by atoms with Crippen molar-refractivity contribution >= 4 is 16.9 Å². The normalized spacial score (nSPS) is 17.6. The number of imidazole rings is 1. The van der Waals surface area contributed by atoms with Crippen LogP contribution < -0.4 is 0 Å². The molecule has 0 N–H and O–H groups in total. The Bertz CT molecular complexity index is 901. The Morgan fingerprint density at radius 3 is 2.67 bits per heavy atom. The first kappa shape index (κ1) is 14.9. The molecular formula is C19H18FN3O. The predicted molar refractivity (Wildman–Crippen MR) is 90.3 cm³/mol. The lowest BCUT2D eigenvalue weighted by atomic mass is 10.1. The quantitative estimate of drug-likeness (QED) is 0.689. The van der Waals surface area contributed by atoms with E-state index in [0.717, 1.165) is 16.9 Å². The van der Waals surface area contributed by atoms with E-state index in [9.17, 15) is 9.18 Å². The van der Waals surface area contributed by atoms with Gasteiger partial charge in [-0.15, -0.1) is 0 Å². The summed E-state index contributed by atoms with van der Waals surface area (Å²) in [4.78, 5) is 19.4. The Kier molecular flexibility index (Phi) is 3.56. The van der Waals surface area contributed by atoms with Crippen LogP contribution in [-0.2, 0) is 13.0 Å². The van der Waals surface area contributed by atoms with Crippen LogP contribution in [0.25, 0.3) is 11.0 Å². The second-order valence-corrected chi connectivity index (χ2v) is 6.23. The molecule has 0 saturated carbocycles. The molecule has 0 saturated heterocycles. The number of halogens is 1. The lowest BCUT2D eigenvalue weighted by molar-refractivity contribution is 0.0696. The van der Waals surface area contributed by atoms with E-state index in [-0.39, 0.29) is 17.8 Å². The highest BCUT2D eigenvalue weighted by molar-refractivity contribution is 5.94. The van der Waals surface area contributed by atoms with Crippen LogP contribution in [0.5, 0.6) is 0 Å². The van der Waals surface area contributed by atoms with Crippen LogP contribution in [-0.4, -0.2) is 32.9 Å². The summed E-state index contributed by atoms with van der Waals surface area (Å²) in [6.07, 6.45) is 0.710. The smallest absolute Gasteiger partial charge is 0.254 e. The molecule has 1 aliphatic rings. The summed E-state index contributed by atoms with van der Waals surface area (Å²) in [7, 11) is 0. The molecule has 0 spiro atoms. The monoisotopic (exact) mass is 323 g/mol. The number of carbonyl (C=O) groups is 1. The Labute approximate surface area is 139 Å². The maximum Gasteiger partial charge on any atom is 0.254 e. The summed E-state index contributed by atoms with van der Waals surface area (Å²) in [5.41, 5.74) is 2.63. The molecule has 122 valence electrons. The van der Waals surface area contributed by atoms with Crippen LogP contribution in [0.15, 0.2) is 48.5 Å². The van der Waals surface area contributed by atoms with Gasteiger partial charge in [0.15, 0.2) is 0 Å². The fraction of sp³-hybridized carbons (Fsp3) is 0.263. The maximum atomic E-state index is 13.1. The third-order valence-electron chi connectivity index (χ3n) is 4.66. The molecule has 1 atom stereocenters. The van der Waals surface area contributed by atoms with Gasteiger partial charge in [0.2, 0.25) is 0 Å². The second kappa shape index (κ2) is 5.74. The van der Waals surface area contributed by atoms with Gasteiger partial charge < -0.3 is 9.47 Å². The van der Waals surface area contributed by atoms with E-state index >= 15 is 0 Å². The lowest BCUT2D eigenvalue weighted by Gasteiger charge is -2.26. The minimum Gasteiger partial charge on any atom is -0.334 e. The van der Waals surface area contributed by atoms with Crippen molar-refractivity contribution < 1.29 is 9.18 Å². The SMILES string of the molecule is CC1Cc2nc3ccccc3n2CCN1C(=O)c1ccc(F)cc1. The van der Waals surface area contributed by atoms with Gasteiger partial charge in [-0.3, -0.25) is 4.79 Å². The van der Waals surface area contributed by atoms with Crippen molar-refractivity contribution in [1.82, 2.24) is 14.5 Å². The molecule has 0 fully saturated rings. The first-order valence-electron chi connectivity index (χ1n) is 8.14. The van der Waals surface area contributed by atoms with E-state index in [1.807, 2.05) is 30.0 Å². The first-order valence-corrected chi connectivity index (χ1v) is 8.14. The van der Waals surface area contributed by atoms with Crippen molar-refractivity contribution in [2.45, 2.75) is 25.9 Å². The molecule has 4 nitrogen and oxygen atoms in total. The number of hydrogen-bond acceptors (Lipinski definition) is 2. The first-order chi connectivity index (χ1) is 11.6. The minimum absolute atomic E-state index is 0.0422. The summed E-state index contributed by atoms with van der Waals surface area (Å²) in [5.74, 6) is 0.623. The van der Waals surface area contributed by atoms with Crippen molar-refractivity contribution in [3.8, 4) is 0 Å². The van der Waals surface area contributed by atoms with E-state index < -0.39 is 0 Å². The molecule has 0 aliphatic carbocycles. The summed E-state index contributed by atoms with van der Waals surface area (Å²) in [6.45, 7) is 3.37. The average Bonchev–Trinajstić information content (AvgIpc) is 2.84. The van der Waals surface area contributed by atoms with Gasteiger partial charge in [-0.25, -0.2) is 9.37 Å². The second-order valence-electron chi connectivity index (χ2n) is 6.23. The van der Waals surface area contributed by atoms with Gasteiger partial charge in [0.05, 0.1) is 11.0 Å². The Morgan fingerprint density at radius 1 is 1.12 bits per heavy atom. The lowest BCUT2D eigenvalue weighted by Crippen LogP contribution is -2.40. The van der Waals surface area contributed by atoms with Crippen molar-refractivity contribution in [3.63, 3.8) is 0 Å². The topological polar surface area (TPSA) is 38.1 Å². The highest BCUT2D eigenvalue weighted by Crippen LogP contribution is 2.22. The zero-order chi connectivity index (χ0) is 16.7. The van der Waals surface area contributed by atoms with Crippen LogP contribution >= 0.6 is 0 Å². The summed E-state index contributed by atoms with van der Waals surface area (Å²) < 4.78 is 15.3. The molecule has 4 rings (SSSR count). The highest BCUT2D eigenvalue weighted by atomic mass is 19.1. The van der Waals surface area contributed by atoms with E-state index in [1.165, 1.54) is 12.1 Å². The van der Waals surface area contributed by atoms with E-state index in [0.29, 0.717) is 25.1 Å². The number of amides is 1. The number of rotatable bonds is 1. The number of nitrogens with zero attached hydrogens (tertiary/aromatic N) is 3. The Hall–Kier alpha value is -2.69. The summed E-state index contributed by atoms with van der Waals surface area (Å²) in [6, 6.07) is 13.9. The largest absolute Gasteiger partial charge is 0.334 e. The van der Waals surface area contributed by atoms with Crippen molar-refractivity contribution in [2.24, 2.45) is 0 Å². The van der Waals surface area contributed by atoms with Gasteiger partial charge in [0.1, 0.15) is 11.6 Å². The Morgan fingerprint density at radius 2 is 1.88 bits per heavy atom. The molecule has 0 bridgehead atoms. The van der Waals surface area contributed by atoms with Gasteiger partial charge in [-0.2, -0.15) is 0 Å². The molecule has 3 aromatic rings. The Balaban J connectivity index is 1.64. The third-order valence-corrected chi connectivity index (χ3v) is 4.66. The number of benzene rings is 2. The van der Waals surface area contributed by atoms with E-state index in [4.69, 9.17) is 4.98 Å². The van der Waals surface area contributed by atoms with Crippen LogP contribution in [0, 0.1) is 5.82 Å². The van der Waals surface area contributed by atoms with Crippen LogP contribution in [0.4, 0.5) is 4.39 Å². The van der Waals surface area contributed by atoms with Gasteiger partial charge >= 0.3 is 0 Å². The van der Waals surface area contributed by atoms with Gasteiger partial charge in [0.25, 0.3) is 5.91 Å². The van der Waals surface area contributed by atoms with Gasteiger partial charge in [-0.1, -0.05) is 12.1 Å². The number of fused-ring (bicyclic) bond motifs is 3. The number of hydrogen-bond donors (Lipinski definition) is 0. The number of carbonyl (C=O) groups excluding carboxylic acids is 1. The summed E-state index contributed by atoms with van der Waals surface area (Å²) in [5, 5.41) is 0. The van der Waals surface area contributed by atoms with Crippen LogP contribution in [0.3, 0.4) is 0 Å². The molecule has 1 aliphatic heterocycles. The molecule has 5 heteroatoms. The molecule has 2 aromatic carbocycles. The fourth-order valence-corrected chi connectivity index (χ4v) is 3.39. The maximum absolute atomic E-state index is 13.1. The molecule has 1 unspecified atom stereocenters.